The molecule has 0 bridgehead atoms. The minimum atomic E-state index is -0.199. The number of hydrogen-bond acceptors (Lipinski definition) is 4. The molecule has 18 heavy (non-hydrogen) atoms. The lowest BCUT2D eigenvalue weighted by atomic mass is 10.2. The van der Waals surface area contributed by atoms with Gasteiger partial charge >= 0.3 is 5.97 Å². The van der Waals surface area contributed by atoms with Gasteiger partial charge in [0.25, 0.3) is 0 Å². The highest BCUT2D eigenvalue weighted by Crippen LogP contribution is 2.20. The number of aryl methyl sites for hydroxylation is 2. The second-order valence-corrected chi connectivity index (χ2v) is 4.70. The van der Waals surface area contributed by atoms with Crippen LogP contribution in [0.15, 0.2) is 12.4 Å². The molecule has 0 spiro atoms. The summed E-state index contributed by atoms with van der Waals surface area (Å²) in [6, 6.07) is 0.303. The maximum absolute atomic E-state index is 11.7. The van der Waals surface area contributed by atoms with E-state index in [4.69, 9.17) is 4.74 Å². The van der Waals surface area contributed by atoms with E-state index in [0.717, 1.165) is 25.2 Å². The SMILES string of the molecule is CCc1nccn1CCC(NC1CC1)C(=O)OC. The average Bonchev–Trinajstić information content (AvgIpc) is 3.09. The highest BCUT2D eigenvalue weighted by molar-refractivity contribution is 5.75. The minimum Gasteiger partial charge on any atom is -0.468 e. The third kappa shape index (κ3) is 3.32. The predicted octanol–water partition coefficient (Wildman–Crippen LogP) is 1.13. The van der Waals surface area contributed by atoms with Crippen LogP contribution in [0.2, 0.25) is 0 Å². The van der Waals surface area contributed by atoms with Crippen LogP contribution in [0.1, 0.15) is 32.0 Å². The van der Waals surface area contributed by atoms with Crippen LogP contribution in [0, 0.1) is 0 Å². The van der Waals surface area contributed by atoms with E-state index in [0.29, 0.717) is 6.04 Å². The van der Waals surface area contributed by atoms with Crippen LogP contribution >= 0.6 is 0 Å². The van der Waals surface area contributed by atoms with Crippen LogP contribution in [0.25, 0.3) is 0 Å². The van der Waals surface area contributed by atoms with Crippen molar-refractivity contribution in [2.45, 2.75) is 51.2 Å². The van der Waals surface area contributed by atoms with Gasteiger partial charge in [-0.2, -0.15) is 0 Å². The summed E-state index contributed by atoms with van der Waals surface area (Å²) >= 11 is 0. The number of hydrogen-bond donors (Lipinski definition) is 1. The summed E-state index contributed by atoms with van der Waals surface area (Å²) in [7, 11) is 1.44. The first-order valence-corrected chi connectivity index (χ1v) is 6.58. The Labute approximate surface area is 108 Å². The number of rotatable bonds is 7. The van der Waals surface area contributed by atoms with Gasteiger partial charge in [0, 0.05) is 31.4 Å². The smallest absolute Gasteiger partial charge is 0.322 e. The lowest BCUT2D eigenvalue weighted by Crippen LogP contribution is -2.39. The minimum absolute atomic E-state index is 0.167. The number of esters is 1. The molecule has 100 valence electrons. The van der Waals surface area contributed by atoms with Gasteiger partial charge in [-0.05, 0) is 19.3 Å². The van der Waals surface area contributed by atoms with E-state index < -0.39 is 0 Å². The van der Waals surface area contributed by atoms with Gasteiger partial charge in [-0.15, -0.1) is 0 Å². The fraction of sp³-hybridized carbons (Fsp3) is 0.692. The fourth-order valence-electron chi connectivity index (χ4n) is 2.07. The first-order valence-electron chi connectivity index (χ1n) is 6.58. The number of carbonyl (C=O) groups is 1. The molecule has 1 N–H and O–H groups in total. The molecule has 5 nitrogen and oxygen atoms in total. The molecule has 1 aromatic heterocycles. The van der Waals surface area contributed by atoms with Crippen molar-refractivity contribution < 1.29 is 9.53 Å². The molecule has 0 saturated heterocycles. The van der Waals surface area contributed by atoms with Crippen molar-refractivity contribution in [3.63, 3.8) is 0 Å². The molecule has 1 aromatic rings. The van der Waals surface area contributed by atoms with E-state index in [1.54, 1.807) is 6.20 Å². The van der Waals surface area contributed by atoms with E-state index in [1.807, 2.05) is 6.20 Å². The van der Waals surface area contributed by atoms with E-state index >= 15 is 0 Å². The summed E-state index contributed by atoms with van der Waals surface area (Å²) in [6.07, 6.45) is 7.75. The Balaban J connectivity index is 1.89. The molecule has 1 atom stereocenters. The molecule has 1 heterocycles. The van der Waals surface area contributed by atoms with Crippen LogP contribution in [-0.4, -0.2) is 34.7 Å². The van der Waals surface area contributed by atoms with Crippen molar-refractivity contribution in [3.05, 3.63) is 18.2 Å². The first-order chi connectivity index (χ1) is 8.74. The highest BCUT2D eigenvalue weighted by Gasteiger charge is 2.28. The molecule has 1 aliphatic rings. The Hall–Kier alpha value is -1.36. The third-order valence-corrected chi connectivity index (χ3v) is 3.28. The summed E-state index contributed by atoms with van der Waals surface area (Å²) < 4.78 is 6.94. The molecule has 2 rings (SSSR count). The van der Waals surface area contributed by atoms with Crippen molar-refractivity contribution in [2.24, 2.45) is 0 Å². The maximum Gasteiger partial charge on any atom is 0.322 e. The molecule has 0 amide bonds. The topological polar surface area (TPSA) is 56.2 Å². The molecule has 0 aromatic carbocycles. The molecule has 1 aliphatic carbocycles. The number of carbonyl (C=O) groups excluding carboxylic acids is 1. The van der Waals surface area contributed by atoms with Crippen LogP contribution < -0.4 is 5.32 Å². The Morgan fingerprint density at radius 3 is 3.06 bits per heavy atom. The number of nitrogens with zero attached hydrogens (tertiary/aromatic N) is 2. The Morgan fingerprint density at radius 2 is 2.44 bits per heavy atom. The van der Waals surface area contributed by atoms with Gasteiger partial charge in [0.05, 0.1) is 7.11 Å². The highest BCUT2D eigenvalue weighted by atomic mass is 16.5. The van der Waals surface area contributed by atoms with Gasteiger partial charge < -0.3 is 14.6 Å². The lowest BCUT2D eigenvalue weighted by Gasteiger charge is -2.16. The summed E-state index contributed by atoms with van der Waals surface area (Å²) in [5, 5.41) is 3.33. The van der Waals surface area contributed by atoms with Crippen molar-refractivity contribution in [1.29, 1.82) is 0 Å². The summed E-state index contributed by atoms with van der Waals surface area (Å²) in [4.78, 5) is 16.0. The van der Waals surface area contributed by atoms with E-state index in [2.05, 4.69) is 21.8 Å². The summed E-state index contributed by atoms with van der Waals surface area (Å²) in [6.45, 7) is 2.88. The van der Waals surface area contributed by atoms with Gasteiger partial charge in [0.15, 0.2) is 0 Å². The summed E-state index contributed by atoms with van der Waals surface area (Å²) in [5.41, 5.74) is 0. The van der Waals surface area contributed by atoms with Gasteiger partial charge in [-0.1, -0.05) is 6.92 Å². The second kappa shape index (κ2) is 6.00. The third-order valence-electron chi connectivity index (χ3n) is 3.28. The van der Waals surface area contributed by atoms with Gasteiger partial charge in [-0.3, -0.25) is 4.79 Å². The van der Waals surface area contributed by atoms with Gasteiger partial charge in [0.2, 0.25) is 0 Å². The van der Waals surface area contributed by atoms with Crippen molar-refractivity contribution in [2.75, 3.05) is 7.11 Å². The van der Waals surface area contributed by atoms with Crippen LogP contribution in [0.5, 0.6) is 0 Å². The average molecular weight is 251 g/mol. The molecular weight excluding hydrogens is 230 g/mol. The Bertz CT molecular complexity index is 399. The van der Waals surface area contributed by atoms with Crippen molar-refractivity contribution in [3.8, 4) is 0 Å². The van der Waals surface area contributed by atoms with Crippen LogP contribution in [0.3, 0.4) is 0 Å². The maximum atomic E-state index is 11.7. The fourth-order valence-corrected chi connectivity index (χ4v) is 2.07. The largest absolute Gasteiger partial charge is 0.468 e. The molecule has 0 aliphatic heterocycles. The molecular formula is C13H21N3O2. The number of nitrogens with one attached hydrogen (secondary N) is 1. The second-order valence-electron chi connectivity index (χ2n) is 4.70. The summed E-state index contributed by atoms with van der Waals surface area (Å²) in [5.74, 6) is 0.894. The molecule has 1 saturated carbocycles. The van der Waals surface area contributed by atoms with Crippen molar-refractivity contribution in [1.82, 2.24) is 14.9 Å². The predicted molar refractivity (Wildman–Crippen MR) is 68.2 cm³/mol. The zero-order valence-corrected chi connectivity index (χ0v) is 11.1. The lowest BCUT2D eigenvalue weighted by molar-refractivity contribution is -0.143. The Kier molecular flexibility index (Phi) is 4.36. The van der Waals surface area contributed by atoms with E-state index in [9.17, 15) is 4.79 Å². The number of methoxy groups -OCH3 is 1. The normalized spacial score (nSPS) is 16.6. The molecule has 1 unspecified atom stereocenters. The quantitative estimate of drug-likeness (QED) is 0.738. The van der Waals surface area contributed by atoms with Gasteiger partial charge in [0.1, 0.15) is 11.9 Å². The first kappa shape index (κ1) is 13.1. The zero-order valence-electron chi connectivity index (χ0n) is 11.1. The standard InChI is InChI=1S/C13H21N3O2/c1-3-12-14-7-9-16(12)8-6-11(13(17)18-2)15-10-4-5-10/h7,9-11,15H,3-6,8H2,1-2H3. The number of imidazole rings is 1. The number of aromatic nitrogens is 2. The number of ether oxygens (including phenoxy) is 1. The molecule has 5 heteroatoms. The van der Waals surface area contributed by atoms with E-state index in [1.165, 1.54) is 20.0 Å². The molecule has 1 fully saturated rings. The van der Waals surface area contributed by atoms with Crippen LogP contribution in [0.4, 0.5) is 0 Å². The molecule has 0 radical (unpaired) electrons. The zero-order chi connectivity index (χ0) is 13.0. The Morgan fingerprint density at radius 1 is 1.67 bits per heavy atom. The van der Waals surface area contributed by atoms with Crippen molar-refractivity contribution >= 4 is 5.97 Å². The van der Waals surface area contributed by atoms with Crippen LogP contribution in [-0.2, 0) is 22.5 Å². The van der Waals surface area contributed by atoms with E-state index in [-0.39, 0.29) is 12.0 Å². The van der Waals surface area contributed by atoms with Gasteiger partial charge in [-0.25, -0.2) is 4.98 Å². The monoisotopic (exact) mass is 251 g/mol.